The lowest BCUT2D eigenvalue weighted by molar-refractivity contribution is -0.122. The molecule has 2 N–H and O–H groups in total. The smallest absolute Gasteiger partial charge is 0.326 e. The summed E-state index contributed by atoms with van der Waals surface area (Å²) in [4.78, 5) is 27.7. The summed E-state index contributed by atoms with van der Waals surface area (Å²) in [5.74, 6) is -0.444. The number of sulfone groups is 1. The largest absolute Gasteiger partial charge is 0.327 e. The maximum Gasteiger partial charge on any atom is 0.327 e. The number of hydrogen-bond acceptors (Lipinski definition) is 6. The number of nitrogens with zero attached hydrogens (tertiary/aromatic N) is 3. The van der Waals surface area contributed by atoms with Crippen molar-refractivity contribution in [3.8, 4) is 6.07 Å². The first kappa shape index (κ1) is 21.5. The van der Waals surface area contributed by atoms with Crippen LogP contribution in [0.5, 0.6) is 0 Å². The molecule has 2 aliphatic rings. The number of nitrogens with one attached hydrogen (secondary N) is 2. The average Bonchev–Trinajstić information content (AvgIpc) is 2.71. The fourth-order valence-electron chi connectivity index (χ4n) is 4.02. The molecule has 10 heteroatoms. The van der Waals surface area contributed by atoms with E-state index in [2.05, 4.69) is 10.7 Å². The monoisotopic (exact) mass is 451 g/mol. The lowest BCUT2D eigenvalue weighted by atomic mass is 9.92. The molecule has 1 atom stereocenters. The molecule has 0 radical (unpaired) electrons. The zero-order valence-corrected chi connectivity index (χ0v) is 18.5. The van der Waals surface area contributed by atoms with E-state index in [0.29, 0.717) is 11.4 Å². The van der Waals surface area contributed by atoms with Gasteiger partial charge in [0.2, 0.25) is 0 Å². The van der Waals surface area contributed by atoms with E-state index in [1.165, 1.54) is 23.1 Å². The van der Waals surface area contributed by atoms with Crippen molar-refractivity contribution < 1.29 is 18.0 Å². The Bertz CT molecular complexity index is 1330. The van der Waals surface area contributed by atoms with Crippen molar-refractivity contribution in [2.45, 2.75) is 17.9 Å². The number of rotatable bonds is 3. The minimum atomic E-state index is -3.75. The molecule has 0 saturated carbocycles. The molecule has 2 aromatic carbocycles. The van der Waals surface area contributed by atoms with Crippen LogP contribution in [-0.4, -0.2) is 45.2 Å². The van der Waals surface area contributed by atoms with Crippen LogP contribution in [0.2, 0.25) is 0 Å². The van der Waals surface area contributed by atoms with Gasteiger partial charge in [0.05, 0.1) is 46.1 Å². The Balaban J connectivity index is 1.96. The van der Waals surface area contributed by atoms with Gasteiger partial charge in [-0.2, -0.15) is 5.26 Å². The van der Waals surface area contributed by atoms with E-state index < -0.39 is 27.8 Å². The Labute approximate surface area is 185 Å². The summed E-state index contributed by atoms with van der Waals surface area (Å²) < 4.78 is 25.0. The van der Waals surface area contributed by atoms with Gasteiger partial charge in [0.1, 0.15) is 0 Å². The average molecular weight is 452 g/mol. The predicted molar refractivity (Wildman–Crippen MR) is 117 cm³/mol. The second-order valence-corrected chi connectivity index (χ2v) is 9.84. The van der Waals surface area contributed by atoms with Crippen molar-refractivity contribution in [1.29, 1.82) is 5.26 Å². The standard InChI is InChI=1S/C22H21N5O4S/c1-13-5-4-6-15(9-13)27-17-12-26(2)25-21(28)19(17)20(24-22(27)29)16-8-7-14(11-23)10-18(16)32(3,30)31/h4-10,20H,12H2,1-3H3,(H,24,29)(H,25,28). The second-order valence-electron chi connectivity index (χ2n) is 7.85. The summed E-state index contributed by atoms with van der Waals surface area (Å²) in [7, 11) is -2.07. The molecule has 0 aromatic heterocycles. The quantitative estimate of drug-likeness (QED) is 0.733. The number of urea groups is 1. The fourth-order valence-corrected chi connectivity index (χ4v) is 4.98. The molecule has 4 rings (SSSR count). The van der Waals surface area contributed by atoms with Gasteiger partial charge < -0.3 is 5.32 Å². The summed E-state index contributed by atoms with van der Waals surface area (Å²) in [5.41, 5.74) is 5.36. The van der Waals surface area contributed by atoms with Gasteiger partial charge in [0, 0.05) is 13.3 Å². The number of hydrogen-bond donors (Lipinski definition) is 2. The molecule has 0 saturated heterocycles. The summed E-state index contributed by atoms with van der Waals surface area (Å²) in [6.45, 7) is 2.14. The normalized spacial score (nSPS) is 19.2. The molecule has 164 valence electrons. The van der Waals surface area contributed by atoms with Gasteiger partial charge >= 0.3 is 6.03 Å². The number of likely N-dealkylation sites (N-methyl/N-ethyl adjacent to an activating group) is 1. The molecular formula is C22H21N5O4S. The maximum absolute atomic E-state index is 13.3. The highest BCUT2D eigenvalue weighted by Crippen LogP contribution is 2.38. The highest BCUT2D eigenvalue weighted by Gasteiger charge is 2.42. The van der Waals surface area contributed by atoms with E-state index in [-0.39, 0.29) is 28.1 Å². The Kier molecular flexibility index (Phi) is 5.24. The minimum absolute atomic E-state index is 0.107. The number of carbonyl (C=O) groups excluding carboxylic acids is 2. The minimum Gasteiger partial charge on any atom is -0.326 e. The summed E-state index contributed by atoms with van der Waals surface area (Å²) in [6.07, 6.45) is 1.03. The first-order valence-electron chi connectivity index (χ1n) is 9.76. The van der Waals surface area contributed by atoms with Gasteiger partial charge in [0.15, 0.2) is 9.84 Å². The Hall–Kier alpha value is -3.68. The molecule has 1 unspecified atom stereocenters. The SMILES string of the molecule is Cc1cccc(N2C(=O)NC(c3ccc(C#N)cc3S(C)(=O)=O)C3=C2CN(C)NC3=O)c1. The maximum atomic E-state index is 13.3. The van der Waals surface area contributed by atoms with Crippen molar-refractivity contribution >= 4 is 27.5 Å². The highest BCUT2D eigenvalue weighted by molar-refractivity contribution is 7.90. The van der Waals surface area contributed by atoms with Crippen LogP contribution in [0.4, 0.5) is 10.5 Å². The summed E-state index contributed by atoms with van der Waals surface area (Å²) in [5, 5.41) is 13.6. The van der Waals surface area contributed by atoms with Crippen LogP contribution >= 0.6 is 0 Å². The van der Waals surface area contributed by atoms with Gasteiger partial charge in [0.25, 0.3) is 5.91 Å². The summed E-state index contributed by atoms with van der Waals surface area (Å²) in [6, 6.07) is 12.0. The Morgan fingerprint density at radius 2 is 1.91 bits per heavy atom. The Morgan fingerprint density at radius 3 is 2.56 bits per heavy atom. The molecule has 0 aliphatic carbocycles. The van der Waals surface area contributed by atoms with Gasteiger partial charge in [-0.15, -0.1) is 0 Å². The third-order valence-electron chi connectivity index (χ3n) is 5.38. The van der Waals surface area contributed by atoms with Crippen LogP contribution < -0.4 is 15.6 Å². The number of aryl methyl sites for hydroxylation is 1. The van der Waals surface area contributed by atoms with E-state index in [0.717, 1.165) is 11.8 Å². The van der Waals surface area contributed by atoms with Crippen molar-refractivity contribution in [2.24, 2.45) is 0 Å². The van der Waals surface area contributed by atoms with E-state index in [4.69, 9.17) is 0 Å². The van der Waals surface area contributed by atoms with Gasteiger partial charge in [-0.25, -0.2) is 18.2 Å². The van der Waals surface area contributed by atoms with Crippen LogP contribution in [0.3, 0.4) is 0 Å². The molecule has 3 amide bonds. The number of hydrazine groups is 1. The van der Waals surface area contributed by atoms with Crippen molar-refractivity contribution in [3.05, 3.63) is 70.4 Å². The molecule has 2 aromatic rings. The van der Waals surface area contributed by atoms with Gasteiger partial charge in [-0.3, -0.25) is 15.1 Å². The lowest BCUT2D eigenvalue weighted by Gasteiger charge is -2.41. The van der Waals surface area contributed by atoms with Crippen LogP contribution in [0.25, 0.3) is 0 Å². The van der Waals surface area contributed by atoms with E-state index in [9.17, 15) is 23.3 Å². The van der Waals surface area contributed by atoms with Crippen LogP contribution in [0.1, 0.15) is 22.7 Å². The van der Waals surface area contributed by atoms with Crippen molar-refractivity contribution in [3.63, 3.8) is 0 Å². The van der Waals surface area contributed by atoms with Crippen LogP contribution in [-0.2, 0) is 14.6 Å². The zero-order valence-electron chi connectivity index (χ0n) is 17.7. The lowest BCUT2D eigenvalue weighted by Crippen LogP contribution is -2.57. The van der Waals surface area contributed by atoms with Gasteiger partial charge in [-0.05, 0) is 42.3 Å². The van der Waals surface area contributed by atoms with Crippen molar-refractivity contribution in [1.82, 2.24) is 15.8 Å². The zero-order chi connectivity index (χ0) is 23.2. The number of anilines is 1. The third kappa shape index (κ3) is 3.72. The predicted octanol–water partition coefficient (Wildman–Crippen LogP) is 1.77. The first-order chi connectivity index (χ1) is 15.1. The molecule has 0 fully saturated rings. The number of benzene rings is 2. The molecule has 0 spiro atoms. The van der Waals surface area contributed by atoms with E-state index in [1.807, 2.05) is 31.2 Å². The first-order valence-corrected chi connectivity index (χ1v) is 11.7. The van der Waals surface area contributed by atoms with Crippen LogP contribution in [0.15, 0.2) is 58.6 Å². The number of carbonyl (C=O) groups is 2. The third-order valence-corrected chi connectivity index (χ3v) is 6.53. The van der Waals surface area contributed by atoms with Gasteiger partial charge in [-0.1, -0.05) is 18.2 Å². The highest BCUT2D eigenvalue weighted by atomic mass is 32.2. The van der Waals surface area contributed by atoms with Crippen molar-refractivity contribution in [2.75, 3.05) is 24.7 Å². The van der Waals surface area contributed by atoms with Crippen LogP contribution in [0, 0.1) is 18.3 Å². The second kappa shape index (κ2) is 7.78. The number of amides is 3. The molecule has 32 heavy (non-hydrogen) atoms. The molecule has 2 aliphatic heterocycles. The molecule has 0 bridgehead atoms. The topological polar surface area (TPSA) is 123 Å². The Morgan fingerprint density at radius 1 is 1.16 bits per heavy atom. The molecule has 9 nitrogen and oxygen atoms in total. The molecule has 2 heterocycles. The molecular weight excluding hydrogens is 430 g/mol. The van der Waals surface area contributed by atoms with E-state index in [1.54, 1.807) is 18.1 Å². The fraction of sp³-hybridized carbons (Fsp3) is 0.227. The summed E-state index contributed by atoms with van der Waals surface area (Å²) >= 11 is 0. The van der Waals surface area contributed by atoms with E-state index >= 15 is 0 Å². The number of nitriles is 1.